The molecule has 1 heterocycles. The van der Waals surface area contributed by atoms with Gasteiger partial charge in [-0.1, -0.05) is 103 Å². The van der Waals surface area contributed by atoms with Crippen molar-refractivity contribution in [3.63, 3.8) is 0 Å². The van der Waals surface area contributed by atoms with Gasteiger partial charge in [0.25, 0.3) is 0 Å². The fourth-order valence-electron chi connectivity index (χ4n) is 4.57. The van der Waals surface area contributed by atoms with E-state index in [4.69, 9.17) is 0 Å². The van der Waals surface area contributed by atoms with Crippen LogP contribution in [0.15, 0.2) is 116 Å². The number of imidazole rings is 1. The molecule has 0 saturated heterocycles. The highest BCUT2D eigenvalue weighted by Crippen LogP contribution is 2.43. The van der Waals surface area contributed by atoms with Crippen molar-refractivity contribution in [3.8, 4) is 33.6 Å². The van der Waals surface area contributed by atoms with Gasteiger partial charge in [-0.3, -0.25) is 0 Å². The third-order valence-electron chi connectivity index (χ3n) is 5.94. The van der Waals surface area contributed by atoms with E-state index in [0.717, 1.165) is 11.4 Å². The van der Waals surface area contributed by atoms with Crippen molar-refractivity contribution >= 4 is 21.5 Å². The fraction of sp³-hybridized carbons (Fsp3) is 0. The number of rotatable bonds is 3. The van der Waals surface area contributed by atoms with Crippen LogP contribution in [-0.2, 0) is 0 Å². The van der Waals surface area contributed by atoms with Crippen LogP contribution in [0.25, 0.3) is 55.2 Å². The molecule has 0 unspecified atom stereocenters. The average Bonchev–Trinajstić information content (AvgIpc) is 3.38. The lowest BCUT2D eigenvalue weighted by Crippen LogP contribution is -1.90. The molecule has 0 atom stereocenters. The Morgan fingerprint density at radius 3 is 1.39 bits per heavy atom. The fourth-order valence-corrected chi connectivity index (χ4v) is 4.57. The molecule has 0 saturated carbocycles. The molecule has 5 aromatic carbocycles. The normalized spacial score (nSPS) is 11.2. The minimum Gasteiger partial charge on any atom is -0.345 e. The molecule has 0 aliphatic heterocycles. The standard InChI is InChI=1S/C29H20N2/c1-2-8-20(9-3-1)27-23-10-4-6-12-25(23)28(26-13-7-5-11-24(26)27)21-14-16-22(17-15-21)29-30-18-19-31-29/h1-19H,(H,30,31). The number of fused-ring (bicyclic) bond motifs is 2. The molecule has 0 bridgehead atoms. The molecule has 1 aromatic heterocycles. The van der Waals surface area contributed by atoms with E-state index < -0.39 is 0 Å². The van der Waals surface area contributed by atoms with E-state index in [1.807, 2.05) is 6.20 Å². The summed E-state index contributed by atoms with van der Waals surface area (Å²) in [7, 11) is 0. The zero-order chi connectivity index (χ0) is 20.6. The Labute approximate surface area is 180 Å². The monoisotopic (exact) mass is 396 g/mol. The van der Waals surface area contributed by atoms with Crippen LogP contribution in [0.4, 0.5) is 0 Å². The molecule has 0 fully saturated rings. The molecular weight excluding hydrogens is 376 g/mol. The molecule has 1 N–H and O–H groups in total. The molecule has 2 heteroatoms. The summed E-state index contributed by atoms with van der Waals surface area (Å²) < 4.78 is 0. The van der Waals surface area contributed by atoms with E-state index in [0.29, 0.717) is 0 Å². The highest BCUT2D eigenvalue weighted by molar-refractivity contribution is 6.21. The van der Waals surface area contributed by atoms with Gasteiger partial charge >= 0.3 is 0 Å². The highest BCUT2D eigenvalue weighted by atomic mass is 14.9. The summed E-state index contributed by atoms with van der Waals surface area (Å²) in [6, 6.07) is 36.9. The van der Waals surface area contributed by atoms with Crippen molar-refractivity contribution in [3.05, 3.63) is 116 Å². The maximum absolute atomic E-state index is 4.38. The Hall–Kier alpha value is -4.17. The lowest BCUT2D eigenvalue weighted by Gasteiger charge is -2.17. The van der Waals surface area contributed by atoms with Gasteiger partial charge in [-0.15, -0.1) is 0 Å². The van der Waals surface area contributed by atoms with Crippen molar-refractivity contribution in [2.75, 3.05) is 0 Å². The van der Waals surface area contributed by atoms with Gasteiger partial charge in [0.2, 0.25) is 0 Å². The molecule has 6 aromatic rings. The Morgan fingerprint density at radius 2 is 0.903 bits per heavy atom. The molecule has 0 spiro atoms. The Balaban J connectivity index is 1.67. The summed E-state index contributed by atoms with van der Waals surface area (Å²) in [6.45, 7) is 0. The van der Waals surface area contributed by atoms with Gasteiger partial charge < -0.3 is 4.98 Å². The van der Waals surface area contributed by atoms with E-state index >= 15 is 0 Å². The summed E-state index contributed by atoms with van der Waals surface area (Å²) in [5.41, 5.74) is 6.11. The molecule has 6 rings (SSSR count). The van der Waals surface area contributed by atoms with Crippen molar-refractivity contribution in [2.24, 2.45) is 0 Å². The molecular formula is C29H20N2. The number of aromatic nitrogens is 2. The van der Waals surface area contributed by atoms with E-state index in [9.17, 15) is 0 Å². The summed E-state index contributed by atoms with van der Waals surface area (Å²) in [4.78, 5) is 7.56. The van der Waals surface area contributed by atoms with Gasteiger partial charge in [-0.25, -0.2) is 4.98 Å². The van der Waals surface area contributed by atoms with E-state index in [1.165, 1.54) is 43.8 Å². The number of hydrogen-bond donors (Lipinski definition) is 1. The third-order valence-corrected chi connectivity index (χ3v) is 5.94. The van der Waals surface area contributed by atoms with E-state index in [1.54, 1.807) is 6.20 Å². The van der Waals surface area contributed by atoms with Crippen LogP contribution in [0.3, 0.4) is 0 Å². The van der Waals surface area contributed by atoms with Crippen LogP contribution in [0.2, 0.25) is 0 Å². The van der Waals surface area contributed by atoms with E-state index in [2.05, 4.69) is 113 Å². The Bertz CT molecular complexity index is 1440. The first-order chi connectivity index (χ1) is 15.4. The lowest BCUT2D eigenvalue weighted by atomic mass is 9.86. The topological polar surface area (TPSA) is 28.7 Å². The van der Waals surface area contributed by atoms with Gasteiger partial charge in [0, 0.05) is 18.0 Å². The number of aromatic amines is 1. The van der Waals surface area contributed by atoms with Crippen LogP contribution in [-0.4, -0.2) is 9.97 Å². The first-order valence-corrected chi connectivity index (χ1v) is 10.5. The van der Waals surface area contributed by atoms with Crippen molar-refractivity contribution in [1.82, 2.24) is 9.97 Å². The van der Waals surface area contributed by atoms with Crippen LogP contribution in [0, 0.1) is 0 Å². The third kappa shape index (κ3) is 2.92. The lowest BCUT2D eigenvalue weighted by molar-refractivity contribution is 1.31. The minimum atomic E-state index is 0.890. The van der Waals surface area contributed by atoms with Gasteiger partial charge in [-0.05, 0) is 43.8 Å². The quantitative estimate of drug-likeness (QED) is 0.305. The molecule has 31 heavy (non-hydrogen) atoms. The predicted octanol–water partition coefficient (Wildman–Crippen LogP) is 7.72. The second-order valence-corrected chi connectivity index (χ2v) is 7.72. The molecule has 146 valence electrons. The van der Waals surface area contributed by atoms with Crippen LogP contribution in [0.1, 0.15) is 0 Å². The molecule has 2 nitrogen and oxygen atoms in total. The first-order valence-electron chi connectivity index (χ1n) is 10.5. The van der Waals surface area contributed by atoms with Gasteiger partial charge in [0.1, 0.15) is 5.82 Å². The SMILES string of the molecule is c1ccc(-c2c3ccccc3c(-c3ccc(-c4ncc[nH]4)cc3)c3ccccc23)cc1. The number of nitrogens with one attached hydrogen (secondary N) is 1. The smallest absolute Gasteiger partial charge is 0.137 e. The summed E-state index contributed by atoms with van der Waals surface area (Å²) in [5.74, 6) is 0.890. The molecule has 0 radical (unpaired) electrons. The van der Waals surface area contributed by atoms with Gasteiger partial charge in [0.15, 0.2) is 0 Å². The molecule has 0 aliphatic carbocycles. The number of hydrogen-bond acceptors (Lipinski definition) is 1. The zero-order valence-electron chi connectivity index (χ0n) is 16.9. The molecule has 0 amide bonds. The minimum absolute atomic E-state index is 0.890. The first kappa shape index (κ1) is 17.7. The average molecular weight is 396 g/mol. The maximum atomic E-state index is 4.38. The second-order valence-electron chi connectivity index (χ2n) is 7.72. The Kier molecular flexibility index (Phi) is 4.14. The zero-order valence-corrected chi connectivity index (χ0v) is 16.9. The summed E-state index contributed by atoms with van der Waals surface area (Å²) in [6.07, 6.45) is 3.64. The van der Waals surface area contributed by atoms with Gasteiger partial charge in [0.05, 0.1) is 0 Å². The summed E-state index contributed by atoms with van der Waals surface area (Å²) in [5, 5.41) is 5.09. The molecule has 0 aliphatic rings. The Morgan fingerprint density at radius 1 is 0.452 bits per heavy atom. The van der Waals surface area contributed by atoms with E-state index in [-0.39, 0.29) is 0 Å². The van der Waals surface area contributed by atoms with Crippen molar-refractivity contribution < 1.29 is 0 Å². The van der Waals surface area contributed by atoms with Crippen LogP contribution < -0.4 is 0 Å². The largest absolute Gasteiger partial charge is 0.345 e. The second kappa shape index (κ2) is 7.26. The van der Waals surface area contributed by atoms with Gasteiger partial charge in [-0.2, -0.15) is 0 Å². The number of H-pyrrole nitrogens is 1. The summed E-state index contributed by atoms with van der Waals surface area (Å²) >= 11 is 0. The van der Waals surface area contributed by atoms with Crippen molar-refractivity contribution in [1.29, 1.82) is 0 Å². The van der Waals surface area contributed by atoms with Crippen molar-refractivity contribution in [2.45, 2.75) is 0 Å². The van der Waals surface area contributed by atoms with Crippen LogP contribution >= 0.6 is 0 Å². The highest BCUT2D eigenvalue weighted by Gasteiger charge is 2.16. The number of nitrogens with zero attached hydrogens (tertiary/aromatic N) is 1. The number of benzene rings is 5. The predicted molar refractivity (Wildman–Crippen MR) is 130 cm³/mol. The maximum Gasteiger partial charge on any atom is 0.137 e. The van der Waals surface area contributed by atoms with Crippen LogP contribution in [0.5, 0.6) is 0 Å².